The maximum Gasteiger partial charge on any atom is 0.251 e. The van der Waals surface area contributed by atoms with Crippen molar-refractivity contribution in [1.82, 2.24) is 14.5 Å². The molecule has 2 amide bonds. The second-order valence-electron chi connectivity index (χ2n) is 8.60. The second kappa shape index (κ2) is 9.83. The number of carbonyl (C=O) groups is 2. The molecule has 1 heterocycles. The third-order valence-corrected chi connectivity index (χ3v) is 7.66. The predicted octanol–water partition coefficient (Wildman–Crippen LogP) is 2.59. The molecule has 7 nitrogen and oxygen atoms in total. The maximum absolute atomic E-state index is 13.2. The average Bonchev–Trinajstić information content (AvgIpc) is 2.77. The third-order valence-electron chi connectivity index (χ3n) is 5.74. The number of amides is 2. The van der Waals surface area contributed by atoms with Crippen molar-refractivity contribution < 1.29 is 18.0 Å². The molecule has 2 aromatic carbocycles. The van der Waals surface area contributed by atoms with Crippen LogP contribution in [0.25, 0.3) is 0 Å². The smallest absolute Gasteiger partial charge is 0.251 e. The zero-order valence-electron chi connectivity index (χ0n) is 19.0. The van der Waals surface area contributed by atoms with Gasteiger partial charge >= 0.3 is 0 Å². The molecule has 1 aliphatic heterocycles. The Kier molecular flexibility index (Phi) is 7.36. The van der Waals surface area contributed by atoms with Crippen LogP contribution in [0.15, 0.2) is 53.4 Å². The fraction of sp³-hybridized carbons (Fsp3) is 0.417. The molecule has 0 radical (unpaired) electrons. The Morgan fingerprint density at radius 2 is 1.34 bits per heavy atom. The monoisotopic (exact) mass is 457 g/mol. The summed E-state index contributed by atoms with van der Waals surface area (Å²) in [6.07, 6.45) is 0. The highest BCUT2D eigenvalue weighted by atomic mass is 32.2. The summed E-state index contributed by atoms with van der Waals surface area (Å²) in [5.41, 5.74) is 2.55. The van der Waals surface area contributed by atoms with Crippen molar-refractivity contribution in [2.75, 3.05) is 26.2 Å². The first-order valence-electron chi connectivity index (χ1n) is 10.8. The number of rotatable bonds is 6. The number of aryl methyl sites for hydroxylation is 2. The Morgan fingerprint density at radius 3 is 1.84 bits per heavy atom. The van der Waals surface area contributed by atoms with E-state index in [-0.39, 0.29) is 48.8 Å². The quantitative estimate of drug-likeness (QED) is 0.722. The zero-order valence-corrected chi connectivity index (χ0v) is 19.9. The standard InChI is InChI=1S/C24H31N3O4S/c1-17(2)22(25-23(28)20-9-5-18(3)6-10-20)24(29)26-13-15-27(16-14-26)32(30,31)21-11-7-19(4)8-12-21/h5-12,17,22H,13-16H2,1-4H3,(H,25,28)/t22-/m0/s1. The van der Waals surface area contributed by atoms with Crippen LogP contribution in [0.3, 0.4) is 0 Å². The minimum Gasteiger partial charge on any atom is -0.340 e. The van der Waals surface area contributed by atoms with Crippen LogP contribution >= 0.6 is 0 Å². The van der Waals surface area contributed by atoms with E-state index >= 15 is 0 Å². The molecule has 1 saturated heterocycles. The Balaban J connectivity index is 1.65. The molecule has 2 aromatic rings. The van der Waals surface area contributed by atoms with Crippen molar-refractivity contribution in [1.29, 1.82) is 0 Å². The first-order chi connectivity index (χ1) is 15.1. The molecule has 0 aliphatic carbocycles. The lowest BCUT2D eigenvalue weighted by molar-refractivity contribution is -0.135. The molecule has 1 fully saturated rings. The van der Waals surface area contributed by atoms with Gasteiger partial charge in [0, 0.05) is 31.7 Å². The van der Waals surface area contributed by atoms with E-state index in [0.717, 1.165) is 11.1 Å². The highest BCUT2D eigenvalue weighted by Crippen LogP contribution is 2.19. The lowest BCUT2D eigenvalue weighted by Crippen LogP contribution is -2.57. The molecule has 1 atom stereocenters. The molecule has 172 valence electrons. The van der Waals surface area contributed by atoms with Gasteiger partial charge in [0.2, 0.25) is 15.9 Å². The van der Waals surface area contributed by atoms with Crippen LogP contribution in [0, 0.1) is 19.8 Å². The predicted molar refractivity (Wildman–Crippen MR) is 124 cm³/mol. The van der Waals surface area contributed by atoms with Crippen LogP contribution in [-0.2, 0) is 14.8 Å². The summed E-state index contributed by atoms with van der Waals surface area (Å²) in [4.78, 5) is 27.7. The van der Waals surface area contributed by atoms with Gasteiger partial charge < -0.3 is 10.2 Å². The van der Waals surface area contributed by atoms with E-state index in [0.29, 0.717) is 5.56 Å². The highest BCUT2D eigenvalue weighted by molar-refractivity contribution is 7.89. The van der Waals surface area contributed by atoms with Crippen molar-refractivity contribution in [2.24, 2.45) is 5.92 Å². The summed E-state index contributed by atoms with van der Waals surface area (Å²) in [6.45, 7) is 8.63. The van der Waals surface area contributed by atoms with Gasteiger partial charge in [0.15, 0.2) is 0 Å². The number of piperazine rings is 1. The van der Waals surface area contributed by atoms with Gasteiger partial charge in [-0.3, -0.25) is 9.59 Å². The van der Waals surface area contributed by atoms with Crippen molar-refractivity contribution >= 4 is 21.8 Å². The van der Waals surface area contributed by atoms with E-state index < -0.39 is 16.1 Å². The summed E-state index contributed by atoms with van der Waals surface area (Å²) >= 11 is 0. The molecule has 32 heavy (non-hydrogen) atoms. The van der Waals surface area contributed by atoms with E-state index in [1.807, 2.05) is 39.8 Å². The fourth-order valence-electron chi connectivity index (χ4n) is 3.65. The highest BCUT2D eigenvalue weighted by Gasteiger charge is 2.34. The molecule has 0 aromatic heterocycles. The van der Waals surface area contributed by atoms with Gasteiger partial charge in [-0.05, 0) is 44.0 Å². The Labute approximate surface area is 190 Å². The van der Waals surface area contributed by atoms with Gasteiger partial charge in [0.05, 0.1) is 4.90 Å². The average molecular weight is 458 g/mol. The summed E-state index contributed by atoms with van der Waals surface area (Å²) in [5.74, 6) is -0.586. The molecule has 0 bridgehead atoms. The van der Waals surface area contributed by atoms with E-state index in [1.54, 1.807) is 41.3 Å². The number of nitrogens with zero attached hydrogens (tertiary/aromatic N) is 2. The summed E-state index contributed by atoms with van der Waals surface area (Å²) in [5, 5.41) is 2.86. The van der Waals surface area contributed by atoms with Crippen molar-refractivity contribution in [3.63, 3.8) is 0 Å². The number of nitrogens with one attached hydrogen (secondary N) is 1. The second-order valence-corrected chi connectivity index (χ2v) is 10.5. The van der Waals surface area contributed by atoms with Crippen molar-refractivity contribution in [2.45, 2.75) is 38.6 Å². The lowest BCUT2D eigenvalue weighted by Gasteiger charge is -2.36. The molecular formula is C24H31N3O4S. The fourth-order valence-corrected chi connectivity index (χ4v) is 5.07. The van der Waals surface area contributed by atoms with Crippen molar-refractivity contribution in [3.05, 3.63) is 65.2 Å². The Morgan fingerprint density at radius 1 is 0.844 bits per heavy atom. The van der Waals surface area contributed by atoms with Gasteiger partial charge in [-0.15, -0.1) is 0 Å². The summed E-state index contributed by atoms with van der Waals surface area (Å²) in [6, 6.07) is 13.3. The van der Waals surface area contributed by atoms with Crippen LogP contribution < -0.4 is 5.32 Å². The molecule has 0 saturated carbocycles. The normalized spacial score (nSPS) is 16.1. The number of sulfonamides is 1. The molecule has 1 aliphatic rings. The number of carbonyl (C=O) groups excluding carboxylic acids is 2. The largest absolute Gasteiger partial charge is 0.340 e. The van der Waals surface area contributed by atoms with Gasteiger partial charge in [-0.25, -0.2) is 8.42 Å². The molecule has 0 spiro atoms. The van der Waals surface area contributed by atoms with E-state index in [4.69, 9.17) is 0 Å². The van der Waals surface area contributed by atoms with Gasteiger partial charge in [-0.2, -0.15) is 4.31 Å². The zero-order chi connectivity index (χ0) is 23.5. The topological polar surface area (TPSA) is 86.8 Å². The first-order valence-corrected chi connectivity index (χ1v) is 12.3. The van der Waals surface area contributed by atoms with Crippen LogP contribution in [0.2, 0.25) is 0 Å². The van der Waals surface area contributed by atoms with E-state index in [1.165, 1.54) is 4.31 Å². The lowest BCUT2D eigenvalue weighted by atomic mass is 10.0. The third kappa shape index (κ3) is 5.37. The minimum absolute atomic E-state index is 0.105. The van der Waals surface area contributed by atoms with Crippen LogP contribution in [0.1, 0.15) is 35.3 Å². The van der Waals surface area contributed by atoms with Crippen LogP contribution in [0.5, 0.6) is 0 Å². The number of benzene rings is 2. The van der Waals surface area contributed by atoms with Gasteiger partial charge in [0.25, 0.3) is 5.91 Å². The minimum atomic E-state index is -3.60. The van der Waals surface area contributed by atoms with E-state index in [2.05, 4.69) is 5.32 Å². The molecular weight excluding hydrogens is 426 g/mol. The number of hydrogen-bond acceptors (Lipinski definition) is 4. The Hall–Kier alpha value is -2.71. The van der Waals surface area contributed by atoms with Crippen LogP contribution in [0.4, 0.5) is 0 Å². The first kappa shape index (κ1) is 23.9. The van der Waals surface area contributed by atoms with Crippen LogP contribution in [-0.4, -0.2) is 61.7 Å². The molecule has 8 heteroatoms. The summed E-state index contributed by atoms with van der Waals surface area (Å²) < 4.78 is 27.2. The molecule has 1 N–H and O–H groups in total. The number of hydrogen-bond donors (Lipinski definition) is 1. The maximum atomic E-state index is 13.2. The van der Waals surface area contributed by atoms with E-state index in [9.17, 15) is 18.0 Å². The SMILES string of the molecule is Cc1ccc(C(=O)N[C@H](C(=O)N2CCN(S(=O)(=O)c3ccc(C)cc3)CC2)C(C)C)cc1. The van der Waals surface area contributed by atoms with Crippen molar-refractivity contribution in [3.8, 4) is 0 Å². The molecule has 0 unspecified atom stereocenters. The van der Waals surface area contributed by atoms with Gasteiger partial charge in [-0.1, -0.05) is 49.2 Å². The Bertz CT molecular complexity index is 1060. The summed E-state index contributed by atoms with van der Waals surface area (Å²) in [7, 11) is -3.60. The van der Waals surface area contributed by atoms with Gasteiger partial charge in [0.1, 0.15) is 6.04 Å². The molecule has 3 rings (SSSR count).